The third-order valence-electron chi connectivity index (χ3n) is 4.02. The van der Waals surface area contributed by atoms with E-state index in [1.54, 1.807) is 6.33 Å². The zero-order valence-corrected chi connectivity index (χ0v) is 13.4. The standard InChI is InChI=1S/C16H28N4/c1-5-9-17-14-13(6-2)15(19-12-18-14)20-10-7-8-16(3,4)11-20/h12H,5-11H2,1-4H3,(H,17,18,19). The van der Waals surface area contributed by atoms with Crippen molar-refractivity contribution in [1.82, 2.24) is 9.97 Å². The van der Waals surface area contributed by atoms with Crippen LogP contribution >= 0.6 is 0 Å². The highest BCUT2D eigenvalue weighted by Gasteiger charge is 2.28. The van der Waals surface area contributed by atoms with Gasteiger partial charge in [-0.25, -0.2) is 9.97 Å². The molecular formula is C16H28N4. The lowest BCUT2D eigenvalue weighted by Gasteiger charge is -2.39. The van der Waals surface area contributed by atoms with E-state index in [0.29, 0.717) is 5.41 Å². The van der Waals surface area contributed by atoms with Crippen LogP contribution in [0, 0.1) is 5.41 Å². The molecule has 1 aromatic heterocycles. The van der Waals surface area contributed by atoms with Crippen molar-refractivity contribution in [2.24, 2.45) is 5.41 Å². The number of nitrogens with zero attached hydrogens (tertiary/aromatic N) is 3. The Morgan fingerprint density at radius 2 is 2.10 bits per heavy atom. The summed E-state index contributed by atoms with van der Waals surface area (Å²) in [5, 5.41) is 3.44. The lowest BCUT2D eigenvalue weighted by Crippen LogP contribution is -2.41. The van der Waals surface area contributed by atoms with E-state index in [1.165, 1.54) is 18.4 Å². The molecule has 0 aromatic carbocycles. The summed E-state index contributed by atoms with van der Waals surface area (Å²) in [6, 6.07) is 0. The molecule has 0 saturated carbocycles. The fourth-order valence-electron chi connectivity index (χ4n) is 3.00. The molecule has 1 N–H and O–H groups in total. The van der Waals surface area contributed by atoms with Crippen LogP contribution in [-0.4, -0.2) is 29.6 Å². The Morgan fingerprint density at radius 1 is 1.30 bits per heavy atom. The van der Waals surface area contributed by atoms with Gasteiger partial charge in [-0.1, -0.05) is 27.7 Å². The smallest absolute Gasteiger partial charge is 0.137 e. The van der Waals surface area contributed by atoms with Gasteiger partial charge in [0.05, 0.1) is 0 Å². The normalized spacial score (nSPS) is 18.1. The lowest BCUT2D eigenvalue weighted by atomic mass is 9.84. The van der Waals surface area contributed by atoms with Crippen LogP contribution in [0.25, 0.3) is 0 Å². The number of rotatable bonds is 5. The SMILES string of the molecule is CCCNc1ncnc(N2CCCC(C)(C)C2)c1CC. The fourth-order valence-corrected chi connectivity index (χ4v) is 3.00. The molecule has 0 unspecified atom stereocenters. The summed E-state index contributed by atoms with van der Waals surface area (Å²) in [7, 11) is 0. The van der Waals surface area contributed by atoms with Gasteiger partial charge >= 0.3 is 0 Å². The molecule has 1 aromatic rings. The van der Waals surface area contributed by atoms with Crippen LogP contribution in [0.15, 0.2) is 6.33 Å². The van der Waals surface area contributed by atoms with Gasteiger partial charge in [0, 0.05) is 25.2 Å². The number of piperidine rings is 1. The number of hydrogen-bond donors (Lipinski definition) is 1. The molecule has 2 heterocycles. The predicted molar refractivity (Wildman–Crippen MR) is 85.4 cm³/mol. The first-order chi connectivity index (χ1) is 9.57. The van der Waals surface area contributed by atoms with Crippen molar-refractivity contribution in [3.8, 4) is 0 Å². The highest BCUT2D eigenvalue weighted by Crippen LogP contribution is 2.33. The molecule has 0 bridgehead atoms. The summed E-state index contributed by atoms with van der Waals surface area (Å²) in [4.78, 5) is 11.5. The molecule has 1 aliphatic heterocycles. The van der Waals surface area contributed by atoms with Gasteiger partial charge in [0.15, 0.2) is 0 Å². The van der Waals surface area contributed by atoms with E-state index in [4.69, 9.17) is 0 Å². The van der Waals surface area contributed by atoms with Crippen LogP contribution in [0.3, 0.4) is 0 Å². The first kappa shape index (κ1) is 15.1. The minimum atomic E-state index is 0.380. The number of hydrogen-bond acceptors (Lipinski definition) is 4. The number of nitrogens with one attached hydrogen (secondary N) is 1. The Bertz CT molecular complexity index is 442. The van der Waals surface area contributed by atoms with Crippen LogP contribution in [0.1, 0.15) is 52.5 Å². The number of aromatic nitrogens is 2. The molecule has 0 spiro atoms. The summed E-state index contributed by atoms with van der Waals surface area (Å²) >= 11 is 0. The summed E-state index contributed by atoms with van der Waals surface area (Å²) in [5.74, 6) is 2.15. The minimum Gasteiger partial charge on any atom is -0.370 e. The molecule has 0 aliphatic carbocycles. The molecular weight excluding hydrogens is 248 g/mol. The highest BCUT2D eigenvalue weighted by atomic mass is 15.2. The van der Waals surface area contributed by atoms with Crippen LogP contribution < -0.4 is 10.2 Å². The van der Waals surface area contributed by atoms with Crippen LogP contribution in [0.2, 0.25) is 0 Å². The van der Waals surface area contributed by atoms with Crippen molar-refractivity contribution in [1.29, 1.82) is 0 Å². The van der Waals surface area contributed by atoms with E-state index >= 15 is 0 Å². The number of anilines is 2. The summed E-state index contributed by atoms with van der Waals surface area (Å²) in [6.45, 7) is 12.2. The van der Waals surface area contributed by atoms with E-state index in [2.05, 4.69) is 47.9 Å². The molecule has 1 saturated heterocycles. The van der Waals surface area contributed by atoms with E-state index in [1.807, 2.05) is 0 Å². The first-order valence-electron chi connectivity index (χ1n) is 7.90. The predicted octanol–water partition coefficient (Wildman–Crippen LogP) is 3.49. The van der Waals surface area contributed by atoms with Crippen molar-refractivity contribution in [3.63, 3.8) is 0 Å². The Kier molecular flexibility index (Phi) is 4.84. The van der Waals surface area contributed by atoms with Gasteiger partial charge in [-0.3, -0.25) is 0 Å². The average molecular weight is 276 g/mol. The van der Waals surface area contributed by atoms with Gasteiger partial charge in [-0.15, -0.1) is 0 Å². The molecule has 1 aliphatic rings. The second kappa shape index (κ2) is 6.42. The van der Waals surface area contributed by atoms with Crippen molar-refractivity contribution in [3.05, 3.63) is 11.9 Å². The van der Waals surface area contributed by atoms with E-state index < -0.39 is 0 Å². The molecule has 1 fully saturated rings. The van der Waals surface area contributed by atoms with Gasteiger partial charge in [-0.2, -0.15) is 0 Å². The van der Waals surface area contributed by atoms with Crippen LogP contribution in [0.5, 0.6) is 0 Å². The van der Waals surface area contributed by atoms with Crippen molar-refractivity contribution >= 4 is 11.6 Å². The van der Waals surface area contributed by atoms with E-state index in [9.17, 15) is 0 Å². The Labute approximate surface area is 123 Å². The Hall–Kier alpha value is -1.32. The maximum absolute atomic E-state index is 4.58. The molecule has 0 atom stereocenters. The molecule has 20 heavy (non-hydrogen) atoms. The Morgan fingerprint density at radius 3 is 2.75 bits per heavy atom. The van der Waals surface area contributed by atoms with Gasteiger partial charge in [0.2, 0.25) is 0 Å². The summed E-state index contributed by atoms with van der Waals surface area (Å²) in [6.07, 6.45) is 6.33. The van der Waals surface area contributed by atoms with Crippen molar-refractivity contribution < 1.29 is 0 Å². The largest absolute Gasteiger partial charge is 0.370 e. The van der Waals surface area contributed by atoms with Crippen molar-refractivity contribution in [2.75, 3.05) is 29.9 Å². The molecule has 0 radical (unpaired) electrons. The third-order valence-corrected chi connectivity index (χ3v) is 4.02. The topological polar surface area (TPSA) is 41.1 Å². The molecule has 2 rings (SSSR count). The second-order valence-corrected chi connectivity index (χ2v) is 6.49. The maximum Gasteiger partial charge on any atom is 0.137 e. The lowest BCUT2D eigenvalue weighted by molar-refractivity contribution is 0.292. The molecule has 4 nitrogen and oxygen atoms in total. The average Bonchev–Trinajstić information content (AvgIpc) is 2.43. The first-order valence-corrected chi connectivity index (χ1v) is 7.90. The Balaban J connectivity index is 2.26. The van der Waals surface area contributed by atoms with Gasteiger partial charge < -0.3 is 10.2 Å². The zero-order chi connectivity index (χ0) is 14.6. The molecule has 4 heteroatoms. The van der Waals surface area contributed by atoms with Crippen molar-refractivity contribution in [2.45, 2.75) is 53.4 Å². The quantitative estimate of drug-likeness (QED) is 0.894. The fraction of sp³-hybridized carbons (Fsp3) is 0.750. The van der Waals surface area contributed by atoms with Crippen LogP contribution in [-0.2, 0) is 6.42 Å². The monoisotopic (exact) mass is 276 g/mol. The summed E-state index contributed by atoms with van der Waals surface area (Å²) in [5.41, 5.74) is 1.64. The van der Waals surface area contributed by atoms with E-state index in [-0.39, 0.29) is 0 Å². The van der Waals surface area contributed by atoms with Gasteiger partial charge in [0.1, 0.15) is 18.0 Å². The van der Waals surface area contributed by atoms with Gasteiger partial charge in [0.25, 0.3) is 0 Å². The minimum absolute atomic E-state index is 0.380. The highest BCUT2D eigenvalue weighted by molar-refractivity contribution is 5.59. The molecule has 112 valence electrons. The summed E-state index contributed by atoms with van der Waals surface area (Å²) < 4.78 is 0. The van der Waals surface area contributed by atoms with Crippen LogP contribution in [0.4, 0.5) is 11.6 Å². The second-order valence-electron chi connectivity index (χ2n) is 6.49. The van der Waals surface area contributed by atoms with Gasteiger partial charge in [-0.05, 0) is 31.1 Å². The maximum atomic E-state index is 4.58. The van der Waals surface area contributed by atoms with E-state index in [0.717, 1.165) is 44.1 Å². The zero-order valence-electron chi connectivity index (χ0n) is 13.4. The molecule has 0 amide bonds. The third kappa shape index (κ3) is 3.41.